The molecule has 1 aliphatic heterocycles. The number of fused-ring (bicyclic) bond motifs is 1. The Bertz CT molecular complexity index is 543. The summed E-state index contributed by atoms with van der Waals surface area (Å²) >= 11 is 1.69. The summed E-state index contributed by atoms with van der Waals surface area (Å²) in [4.78, 5) is 13.4. The monoisotopic (exact) mass is 248 g/mol. The van der Waals surface area contributed by atoms with Crippen LogP contribution < -0.4 is 10.6 Å². The molecule has 0 saturated carbocycles. The van der Waals surface area contributed by atoms with Crippen LogP contribution in [0.2, 0.25) is 0 Å². The second-order valence-corrected chi connectivity index (χ2v) is 5.76. The van der Waals surface area contributed by atoms with Gasteiger partial charge in [0.05, 0.1) is 5.39 Å². The molecule has 0 unspecified atom stereocenters. The molecule has 2 aromatic heterocycles. The van der Waals surface area contributed by atoms with Crippen LogP contribution in [0.1, 0.15) is 24.1 Å². The number of aromatic nitrogens is 2. The molecule has 1 fully saturated rings. The van der Waals surface area contributed by atoms with Crippen molar-refractivity contribution in [2.45, 2.75) is 26.2 Å². The third-order valence-electron chi connectivity index (χ3n) is 3.17. The van der Waals surface area contributed by atoms with Crippen molar-refractivity contribution < 1.29 is 0 Å². The van der Waals surface area contributed by atoms with Gasteiger partial charge < -0.3 is 10.6 Å². The zero-order valence-corrected chi connectivity index (χ0v) is 10.8. The van der Waals surface area contributed by atoms with Crippen LogP contribution in [0.15, 0.2) is 6.07 Å². The van der Waals surface area contributed by atoms with E-state index in [1.54, 1.807) is 11.3 Å². The molecule has 0 radical (unpaired) electrons. The molecule has 5 heteroatoms. The lowest BCUT2D eigenvalue weighted by atomic mass is 10.1. The topological polar surface area (TPSA) is 55.0 Å². The number of hydrogen-bond donors (Lipinski definition) is 1. The van der Waals surface area contributed by atoms with Crippen molar-refractivity contribution >= 4 is 33.3 Å². The highest BCUT2D eigenvalue weighted by molar-refractivity contribution is 7.18. The lowest BCUT2D eigenvalue weighted by molar-refractivity contribution is 0.575. The number of rotatable bonds is 1. The summed E-state index contributed by atoms with van der Waals surface area (Å²) in [6.07, 6.45) is 3.81. The number of aryl methyl sites for hydroxylation is 1. The van der Waals surface area contributed by atoms with Crippen LogP contribution in [0, 0.1) is 6.92 Å². The lowest BCUT2D eigenvalue weighted by Gasteiger charge is -2.28. The molecule has 0 atom stereocenters. The number of thiophene rings is 1. The number of anilines is 2. The van der Waals surface area contributed by atoms with Crippen molar-refractivity contribution in [3.63, 3.8) is 0 Å². The molecule has 1 saturated heterocycles. The molecule has 17 heavy (non-hydrogen) atoms. The van der Waals surface area contributed by atoms with E-state index in [1.807, 2.05) is 0 Å². The van der Waals surface area contributed by atoms with Crippen LogP contribution in [0.5, 0.6) is 0 Å². The van der Waals surface area contributed by atoms with Crippen LogP contribution in [0.25, 0.3) is 10.2 Å². The zero-order chi connectivity index (χ0) is 11.8. The average Bonchev–Trinajstić information content (AvgIpc) is 2.69. The van der Waals surface area contributed by atoms with Gasteiger partial charge in [-0.2, -0.15) is 4.98 Å². The smallest absolute Gasteiger partial charge is 0.223 e. The van der Waals surface area contributed by atoms with Crippen LogP contribution in [0.4, 0.5) is 11.8 Å². The Kier molecular flexibility index (Phi) is 2.63. The van der Waals surface area contributed by atoms with E-state index < -0.39 is 0 Å². The minimum atomic E-state index is 0.389. The van der Waals surface area contributed by atoms with Gasteiger partial charge in [0, 0.05) is 18.0 Å². The summed E-state index contributed by atoms with van der Waals surface area (Å²) in [5.41, 5.74) is 5.80. The van der Waals surface area contributed by atoms with E-state index in [0.717, 1.165) is 29.1 Å². The van der Waals surface area contributed by atoms with E-state index in [-0.39, 0.29) is 0 Å². The molecule has 1 aliphatic rings. The highest BCUT2D eigenvalue weighted by atomic mass is 32.1. The number of nitrogens with zero attached hydrogens (tertiary/aromatic N) is 3. The quantitative estimate of drug-likeness (QED) is 0.842. The molecule has 2 aromatic rings. The number of nitrogens with two attached hydrogens (primary N) is 1. The number of nitrogen functional groups attached to an aromatic ring is 1. The second kappa shape index (κ2) is 4.14. The molecule has 4 nitrogen and oxygen atoms in total. The third-order valence-corrected chi connectivity index (χ3v) is 4.11. The van der Waals surface area contributed by atoms with Crippen LogP contribution in [-0.2, 0) is 0 Å². The second-order valence-electron chi connectivity index (χ2n) is 4.53. The maximum atomic E-state index is 5.80. The lowest BCUT2D eigenvalue weighted by Crippen LogP contribution is -2.30. The first kappa shape index (κ1) is 10.8. The summed E-state index contributed by atoms with van der Waals surface area (Å²) in [7, 11) is 0. The minimum Gasteiger partial charge on any atom is -0.368 e. The fraction of sp³-hybridized carbons (Fsp3) is 0.500. The molecule has 3 heterocycles. The minimum absolute atomic E-state index is 0.389. The number of piperidine rings is 1. The van der Waals surface area contributed by atoms with Gasteiger partial charge in [-0.1, -0.05) is 0 Å². The van der Waals surface area contributed by atoms with Gasteiger partial charge in [0.25, 0.3) is 0 Å². The summed E-state index contributed by atoms with van der Waals surface area (Å²) in [5.74, 6) is 1.41. The van der Waals surface area contributed by atoms with Crippen LogP contribution in [-0.4, -0.2) is 23.1 Å². The Balaban J connectivity index is 2.12. The first-order valence-electron chi connectivity index (χ1n) is 6.02. The van der Waals surface area contributed by atoms with Gasteiger partial charge >= 0.3 is 0 Å². The van der Waals surface area contributed by atoms with E-state index in [9.17, 15) is 0 Å². The maximum Gasteiger partial charge on any atom is 0.223 e. The zero-order valence-electron chi connectivity index (χ0n) is 9.94. The molecule has 0 aromatic carbocycles. The molecule has 3 rings (SSSR count). The molecule has 0 bridgehead atoms. The van der Waals surface area contributed by atoms with Gasteiger partial charge in [-0.15, -0.1) is 11.3 Å². The van der Waals surface area contributed by atoms with E-state index in [4.69, 9.17) is 5.73 Å². The van der Waals surface area contributed by atoms with Gasteiger partial charge in [-0.05, 0) is 32.3 Å². The summed E-state index contributed by atoms with van der Waals surface area (Å²) in [5, 5.41) is 1.16. The van der Waals surface area contributed by atoms with Crippen molar-refractivity contribution in [3.8, 4) is 0 Å². The van der Waals surface area contributed by atoms with Gasteiger partial charge in [0.2, 0.25) is 5.95 Å². The van der Waals surface area contributed by atoms with Gasteiger partial charge in [0.1, 0.15) is 10.6 Å². The van der Waals surface area contributed by atoms with Crippen LogP contribution >= 0.6 is 11.3 Å². The highest BCUT2D eigenvalue weighted by Crippen LogP contribution is 2.32. The predicted molar refractivity (Wildman–Crippen MR) is 72.6 cm³/mol. The molecular weight excluding hydrogens is 232 g/mol. The van der Waals surface area contributed by atoms with Crippen molar-refractivity contribution in [3.05, 3.63) is 10.9 Å². The SMILES string of the molecule is Cc1cc2c(N3CCCCC3)nc(N)nc2s1. The molecule has 90 valence electrons. The molecule has 0 aliphatic carbocycles. The largest absolute Gasteiger partial charge is 0.368 e. The molecular formula is C12H16N4S. The predicted octanol–water partition coefficient (Wildman–Crippen LogP) is 2.57. The van der Waals surface area contributed by atoms with Crippen molar-refractivity contribution in [1.82, 2.24) is 9.97 Å². The standard InChI is InChI=1S/C12H16N4S/c1-8-7-9-10(16-5-3-2-4-6-16)14-12(13)15-11(9)17-8/h7H,2-6H2,1H3,(H2,13,14,15). The van der Waals surface area contributed by atoms with E-state index in [1.165, 1.54) is 24.1 Å². The molecule has 0 spiro atoms. The molecule has 0 amide bonds. The highest BCUT2D eigenvalue weighted by Gasteiger charge is 2.17. The van der Waals surface area contributed by atoms with E-state index in [0.29, 0.717) is 5.95 Å². The Labute approximate surface area is 104 Å². The van der Waals surface area contributed by atoms with Crippen molar-refractivity contribution in [1.29, 1.82) is 0 Å². The Morgan fingerprint density at radius 2 is 2.00 bits per heavy atom. The van der Waals surface area contributed by atoms with Gasteiger partial charge in [0.15, 0.2) is 0 Å². The Morgan fingerprint density at radius 1 is 1.24 bits per heavy atom. The average molecular weight is 248 g/mol. The fourth-order valence-corrected chi connectivity index (χ4v) is 3.27. The maximum absolute atomic E-state index is 5.80. The fourth-order valence-electron chi connectivity index (χ4n) is 2.39. The third kappa shape index (κ3) is 1.95. The Morgan fingerprint density at radius 3 is 2.76 bits per heavy atom. The van der Waals surface area contributed by atoms with E-state index >= 15 is 0 Å². The summed E-state index contributed by atoms with van der Waals surface area (Å²) < 4.78 is 0. The van der Waals surface area contributed by atoms with E-state index in [2.05, 4.69) is 27.9 Å². The molecule has 2 N–H and O–H groups in total. The Hall–Kier alpha value is -1.36. The first-order valence-corrected chi connectivity index (χ1v) is 6.84. The summed E-state index contributed by atoms with van der Waals surface area (Å²) in [6.45, 7) is 4.27. The van der Waals surface area contributed by atoms with Crippen LogP contribution in [0.3, 0.4) is 0 Å². The van der Waals surface area contributed by atoms with Gasteiger partial charge in [-0.25, -0.2) is 4.98 Å². The van der Waals surface area contributed by atoms with Gasteiger partial charge in [-0.3, -0.25) is 0 Å². The van der Waals surface area contributed by atoms with Crippen molar-refractivity contribution in [2.75, 3.05) is 23.7 Å². The number of hydrogen-bond acceptors (Lipinski definition) is 5. The van der Waals surface area contributed by atoms with Crippen molar-refractivity contribution in [2.24, 2.45) is 0 Å². The normalized spacial score (nSPS) is 16.6. The first-order chi connectivity index (χ1) is 8.24. The summed E-state index contributed by atoms with van der Waals surface area (Å²) in [6, 6.07) is 2.17.